The number of benzene rings is 1. The third-order valence-electron chi connectivity index (χ3n) is 3.65. The van der Waals surface area contributed by atoms with E-state index in [0.29, 0.717) is 18.1 Å². The summed E-state index contributed by atoms with van der Waals surface area (Å²) in [4.78, 5) is 0. The summed E-state index contributed by atoms with van der Waals surface area (Å²) < 4.78 is 5.16. The zero-order chi connectivity index (χ0) is 12.3. The Hall–Kier alpha value is -1.06. The summed E-state index contributed by atoms with van der Waals surface area (Å²) in [6, 6.07) is 9.34. The number of hydrogen-bond acceptors (Lipinski definition) is 3. The Kier molecular flexibility index (Phi) is 4.02. The average Bonchev–Trinajstić information content (AvgIpc) is 2.75. The topological polar surface area (TPSA) is 47.3 Å². The van der Waals surface area contributed by atoms with E-state index in [0.717, 1.165) is 12.2 Å². The number of rotatable bonds is 4. The van der Waals surface area contributed by atoms with Crippen LogP contribution in [-0.4, -0.2) is 19.2 Å². The van der Waals surface area contributed by atoms with Crippen LogP contribution < -0.4 is 15.8 Å². The Morgan fingerprint density at radius 3 is 2.53 bits per heavy atom. The van der Waals surface area contributed by atoms with Crippen LogP contribution in [0.25, 0.3) is 0 Å². The highest BCUT2D eigenvalue weighted by Gasteiger charge is 2.25. The zero-order valence-electron chi connectivity index (χ0n) is 10.6. The summed E-state index contributed by atoms with van der Waals surface area (Å²) in [5.41, 5.74) is 7.35. The summed E-state index contributed by atoms with van der Waals surface area (Å²) in [5.74, 6) is 0.901. The number of nitrogens with one attached hydrogen (secondary N) is 1. The lowest BCUT2D eigenvalue weighted by Crippen LogP contribution is -2.41. The van der Waals surface area contributed by atoms with Gasteiger partial charge in [-0.05, 0) is 37.5 Å². The maximum atomic E-state index is 6.07. The van der Waals surface area contributed by atoms with Crippen molar-refractivity contribution in [1.82, 2.24) is 5.32 Å². The molecule has 3 N–H and O–H groups in total. The Morgan fingerprint density at radius 1 is 1.29 bits per heavy atom. The van der Waals surface area contributed by atoms with Gasteiger partial charge in [-0.3, -0.25) is 0 Å². The molecule has 0 heterocycles. The maximum Gasteiger partial charge on any atom is 0.118 e. The van der Waals surface area contributed by atoms with Crippen molar-refractivity contribution in [1.29, 1.82) is 0 Å². The van der Waals surface area contributed by atoms with Crippen molar-refractivity contribution in [2.45, 2.75) is 44.3 Å². The molecule has 0 aliphatic heterocycles. The van der Waals surface area contributed by atoms with Crippen LogP contribution in [0.3, 0.4) is 0 Å². The predicted octanol–water partition coefficient (Wildman–Crippen LogP) is 2.23. The molecule has 0 spiro atoms. The van der Waals surface area contributed by atoms with Crippen molar-refractivity contribution in [3.8, 4) is 5.75 Å². The van der Waals surface area contributed by atoms with Crippen LogP contribution >= 0.6 is 0 Å². The first-order chi connectivity index (χ1) is 8.20. The number of nitrogens with two attached hydrogens (primary N) is 1. The molecular weight excluding hydrogens is 212 g/mol. The van der Waals surface area contributed by atoms with Crippen LogP contribution in [0.1, 0.15) is 37.8 Å². The van der Waals surface area contributed by atoms with Crippen LogP contribution in [0.4, 0.5) is 0 Å². The minimum absolute atomic E-state index is 0.315. The zero-order valence-corrected chi connectivity index (χ0v) is 10.6. The van der Waals surface area contributed by atoms with Crippen LogP contribution in [0.5, 0.6) is 5.75 Å². The first-order valence-electron chi connectivity index (χ1n) is 6.36. The van der Waals surface area contributed by atoms with E-state index in [1.165, 1.54) is 18.4 Å². The first-order valence-corrected chi connectivity index (χ1v) is 6.36. The van der Waals surface area contributed by atoms with Crippen molar-refractivity contribution in [2.24, 2.45) is 5.73 Å². The molecule has 1 saturated carbocycles. The van der Waals surface area contributed by atoms with Crippen LogP contribution in [0.15, 0.2) is 24.3 Å². The van der Waals surface area contributed by atoms with Gasteiger partial charge in [-0.1, -0.05) is 18.6 Å². The normalized spacial score (nSPS) is 25.8. The molecule has 1 aliphatic carbocycles. The molecule has 0 amide bonds. The maximum absolute atomic E-state index is 6.07. The Bertz CT molecular complexity index is 350. The highest BCUT2D eigenvalue weighted by molar-refractivity contribution is 5.28. The second kappa shape index (κ2) is 5.52. The van der Waals surface area contributed by atoms with Gasteiger partial charge in [0.25, 0.3) is 0 Å². The van der Waals surface area contributed by atoms with E-state index in [4.69, 9.17) is 10.5 Å². The van der Waals surface area contributed by atoms with Crippen LogP contribution in [0.2, 0.25) is 0 Å². The van der Waals surface area contributed by atoms with Crippen molar-refractivity contribution < 1.29 is 4.74 Å². The van der Waals surface area contributed by atoms with E-state index in [9.17, 15) is 0 Å². The minimum Gasteiger partial charge on any atom is -0.497 e. The minimum atomic E-state index is 0.315. The molecule has 3 nitrogen and oxygen atoms in total. The number of methoxy groups -OCH3 is 1. The largest absolute Gasteiger partial charge is 0.497 e. The first kappa shape index (κ1) is 12.4. The molecule has 1 aliphatic rings. The molecule has 2 rings (SSSR count). The summed E-state index contributed by atoms with van der Waals surface area (Å²) in [6.45, 7) is 2.19. The molecule has 0 unspecified atom stereocenters. The van der Waals surface area contributed by atoms with Crippen LogP contribution in [-0.2, 0) is 0 Å². The molecule has 94 valence electrons. The van der Waals surface area contributed by atoms with Crippen molar-refractivity contribution in [2.75, 3.05) is 7.11 Å². The summed E-state index contributed by atoms with van der Waals surface area (Å²) in [5, 5.41) is 3.62. The Labute approximate surface area is 103 Å². The standard InChI is InChI=1S/C14H22N2O/c1-10(16-14-5-3-4-13(14)15)11-6-8-12(17-2)9-7-11/h6-10,13-14,16H,3-5,15H2,1-2H3/t10-,13+,14+/m0/s1. The van der Waals surface area contributed by atoms with E-state index < -0.39 is 0 Å². The summed E-state index contributed by atoms with van der Waals surface area (Å²) in [7, 11) is 1.69. The third-order valence-corrected chi connectivity index (χ3v) is 3.65. The Balaban J connectivity index is 1.96. The van der Waals surface area contributed by atoms with Crippen molar-refractivity contribution in [3.05, 3.63) is 29.8 Å². The molecule has 1 aromatic rings. The van der Waals surface area contributed by atoms with E-state index >= 15 is 0 Å². The fraction of sp³-hybridized carbons (Fsp3) is 0.571. The smallest absolute Gasteiger partial charge is 0.118 e. The summed E-state index contributed by atoms with van der Waals surface area (Å²) >= 11 is 0. The van der Waals surface area contributed by atoms with Gasteiger partial charge < -0.3 is 15.8 Å². The monoisotopic (exact) mass is 234 g/mol. The summed E-state index contributed by atoms with van der Waals surface area (Å²) in [6.07, 6.45) is 3.59. The van der Waals surface area contributed by atoms with Gasteiger partial charge in [-0.2, -0.15) is 0 Å². The van der Waals surface area contributed by atoms with Gasteiger partial charge in [0.1, 0.15) is 5.75 Å². The Morgan fingerprint density at radius 2 is 2.00 bits per heavy atom. The molecule has 0 bridgehead atoms. The molecule has 3 atom stereocenters. The molecule has 1 aromatic carbocycles. The van der Waals surface area contributed by atoms with E-state index in [2.05, 4.69) is 24.4 Å². The van der Waals surface area contributed by atoms with Crippen molar-refractivity contribution in [3.63, 3.8) is 0 Å². The van der Waals surface area contributed by atoms with Gasteiger partial charge in [0.15, 0.2) is 0 Å². The van der Waals surface area contributed by atoms with Crippen LogP contribution in [0, 0.1) is 0 Å². The average molecular weight is 234 g/mol. The lowest BCUT2D eigenvalue weighted by molar-refractivity contribution is 0.412. The molecule has 0 radical (unpaired) electrons. The lowest BCUT2D eigenvalue weighted by atomic mass is 10.1. The second-order valence-corrected chi connectivity index (χ2v) is 4.86. The number of ether oxygens (including phenoxy) is 1. The SMILES string of the molecule is COc1ccc([C@H](C)N[C@@H]2CCC[C@H]2N)cc1. The molecule has 17 heavy (non-hydrogen) atoms. The van der Waals surface area contributed by atoms with E-state index in [-0.39, 0.29) is 0 Å². The van der Waals surface area contributed by atoms with E-state index in [1.807, 2.05) is 12.1 Å². The number of hydrogen-bond donors (Lipinski definition) is 2. The quantitative estimate of drug-likeness (QED) is 0.840. The molecule has 1 fully saturated rings. The third kappa shape index (κ3) is 2.99. The molecule has 3 heteroatoms. The van der Waals surface area contributed by atoms with Gasteiger partial charge in [-0.25, -0.2) is 0 Å². The fourth-order valence-corrected chi connectivity index (χ4v) is 2.51. The predicted molar refractivity (Wildman–Crippen MR) is 70.2 cm³/mol. The van der Waals surface area contributed by atoms with Gasteiger partial charge in [0.05, 0.1) is 7.11 Å². The van der Waals surface area contributed by atoms with Gasteiger partial charge in [0, 0.05) is 18.1 Å². The van der Waals surface area contributed by atoms with Gasteiger partial charge >= 0.3 is 0 Å². The second-order valence-electron chi connectivity index (χ2n) is 4.86. The molecule has 0 saturated heterocycles. The van der Waals surface area contributed by atoms with Gasteiger partial charge in [-0.15, -0.1) is 0 Å². The fourth-order valence-electron chi connectivity index (χ4n) is 2.51. The highest BCUT2D eigenvalue weighted by atomic mass is 16.5. The van der Waals surface area contributed by atoms with Gasteiger partial charge in [0.2, 0.25) is 0 Å². The molecular formula is C14H22N2O. The lowest BCUT2D eigenvalue weighted by Gasteiger charge is -2.23. The molecule has 0 aromatic heterocycles. The van der Waals surface area contributed by atoms with Crippen molar-refractivity contribution >= 4 is 0 Å². The highest BCUT2D eigenvalue weighted by Crippen LogP contribution is 2.22. The van der Waals surface area contributed by atoms with E-state index in [1.54, 1.807) is 7.11 Å².